The lowest BCUT2D eigenvalue weighted by molar-refractivity contribution is 0.0934. The molecule has 1 atom stereocenters. The van der Waals surface area contributed by atoms with Gasteiger partial charge in [-0.25, -0.2) is 4.98 Å². The SMILES string of the molecule is O=C(NC(NC(=S)Nc1ccccn1)C(Cl)(Cl)Cl)c1cccc(Cl)c1. The van der Waals surface area contributed by atoms with Crippen LogP contribution >= 0.6 is 58.6 Å². The standard InChI is InChI=1S/C15H12Cl4N4OS/c16-10-5-3-4-9(8-10)12(24)22-13(15(17,18)19)23-14(25)21-11-6-1-2-7-20-11/h1-8,13H,(H,22,24)(H2,20,21,23,25). The van der Waals surface area contributed by atoms with Crippen molar-refractivity contribution in [3.63, 3.8) is 0 Å². The van der Waals surface area contributed by atoms with E-state index in [4.69, 9.17) is 58.6 Å². The fourth-order valence-electron chi connectivity index (χ4n) is 1.76. The van der Waals surface area contributed by atoms with E-state index < -0.39 is 15.9 Å². The number of hydrogen-bond donors (Lipinski definition) is 3. The lowest BCUT2D eigenvalue weighted by Crippen LogP contribution is -2.56. The first-order chi connectivity index (χ1) is 11.8. The van der Waals surface area contributed by atoms with Gasteiger partial charge in [-0.1, -0.05) is 58.5 Å². The minimum Gasteiger partial charge on any atom is -0.339 e. The van der Waals surface area contributed by atoms with Crippen molar-refractivity contribution in [3.8, 4) is 0 Å². The van der Waals surface area contributed by atoms with Gasteiger partial charge in [0.05, 0.1) is 0 Å². The smallest absolute Gasteiger partial charge is 0.253 e. The Morgan fingerprint density at radius 2 is 1.88 bits per heavy atom. The van der Waals surface area contributed by atoms with Crippen molar-refractivity contribution in [3.05, 3.63) is 59.2 Å². The van der Waals surface area contributed by atoms with Gasteiger partial charge >= 0.3 is 0 Å². The van der Waals surface area contributed by atoms with E-state index in [0.717, 1.165) is 0 Å². The highest BCUT2D eigenvalue weighted by molar-refractivity contribution is 7.80. The van der Waals surface area contributed by atoms with Crippen LogP contribution < -0.4 is 16.0 Å². The summed E-state index contributed by atoms with van der Waals surface area (Å²) in [6, 6.07) is 11.6. The van der Waals surface area contributed by atoms with Crippen LogP contribution in [0.2, 0.25) is 5.02 Å². The van der Waals surface area contributed by atoms with Gasteiger partial charge in [0.15, 0.2) is 5.11 Å². The largest absolute Gasteiger partial charge is 0.339 e. The number of amides is 1. The van der Waals surface area contributed by atoms with Crippen molar-refractivity contribution >= 4 is 75.5 Å². The first-order valence-corrected chi connectivity index (χ1v) is 8.79. The lowest BCUT2D eigenvalue weighted by Gasteiger charge is -2.27. The molecule has 0 aliphatic heterocycles. The molecule has 0 fully saturated rings. The number of benzene rings is 1. The van der Waals surface area contributed by atoms with Crippen molar-refractivity contribution < 1.29 is 4.79 Å². The van der Waals surface area contributed by atoms with Crippen molar-refractivity contribution in [2.24, 2.45) is 0 Å². The van der Waals surface area contributed by atoms with Crippen molar-refractivity contribution in [2.45, 2.75) is 9.96 Å². The number of rotatable bonds is 4. The van der Waals surface area contributed by atoms with Gasteiger partial charge in [-0.15, -0.1) is 0 Å². The maximum Gasteiger partial charge on any atom is 0.253 e. The number of thiocarbonyl (C=S) groups is 1. The van der Waals surface area contributed by atoms with Gasteiger partial charge in [0.1, 0.15) is 12.0 Å². The number of pyridine rings is 1. The number of carbonyl (C=O) groups excluding carboxylic acids is 1. The second kappa shape index (κ2) is 8.87. The molecule has 132 valence electrons. The summed E-state index contributed by atoms with van der Waals surface area (Å²) in [6.45, 7) is 0. The third-order valence-electron chi connectivity index (χ3n) is 2.87. The highest BCUT2D eigenvalue weighted by Crippen LogP contribution is 2.29. The van der Waals surface area contributed by atoms with Crippen LogP contribution in [0.4, 0.5) is 5.82 Å². The molecule has 5 nitrogen and oxygen atoms in total. The normalized spacial score (nSPS) is 12.2. The zero-order valence-corrected chi connectivity index (χ0v) is 16.3. The zero-order valence-electron chi connectivity index (χ0n) is 12.5. The molecule has 1 aromatic heterocycles. The topological polar surface area (TPSA) is 66.1 Å². The third-order valence-corrected chi connectivity index (χ3v) is 3.98. The molecular formula is C15H12Cl4N4OS. The van der Waals surface area contributed by atoms with Crippen LogP contribution in [0, 0.1) is 0 Å². The molecule has 1 amide bonds. The number of nitrogens with one attached hydrogen (secondary N) is 3. The fraction of sp³-hybridized carbons (Fsp3) is 0.133. The number of carbonyl (C=O) groups is 1. The molecule has 25 heavy (non-hydrogen) atoms. The summed E-state index contributed by atoms with van der Waals surface area (Å²) >= 11 is 28.8. The Hall–Kier alpha value is -1.31. The van der Waals surface area contributed by atoms with Crippen LogP contribution in [-0.2, 0) is 0 Å². The lowest BCUT2D eigenvalue weighted by atomic mass is 10.2. The Balaban J connectivity index is 2.06. The van der Waals surface area contributed by atoms with Gasteiger partial charge in [0, 0.05) is 16.8 Å². The van der Waals surface area contributed by atoms with E-state index in [9.17, 15) is 4.79 Å². The molecule has 0 radical (unpaired) electrons. The second-order valence-electron chi connectivity index (χ2n) is 4.77. The molecule has 2 aromatic rings. The summed E-state index contributed by atoms with van der Waals surface area (Å²) in [5, 5.41) is 8.67. The van der Waals surface area contributed by atoms with Crippen LogP contribution in [0.3, 0.4) is 0 Å². The van der Waals surface area contributed by atoms with Crippen LogP contribution in [0.1, 0.15) is 10.4 Å². The molecule has 0 saturated carbocycles. The summed E-state index contributed by atoms with van der Waals surface area (Å²) in [5.41, 5.74) is 0.317. The van der Waals surface area contributed by atoms with E-state index in [-0.39, 0.29) is 5.11 Å². The predicted octanol–water partition coefficient (Wildman–Crippen LogP) is 4.15. The van der Waals surface area contributed by atoms with Gasteiger partial charge in [0.25, 0.3) is 5.91 Å². The molecule has 1 unspecified atom stereocenters. The average Bonchev–Trinajstić information content (AvgIpc) is 2.54. The van der Waals surface area contributed by atoms with E-state index >= 15 is 0 Å². The van der Waals surface area contributed by atoms with Crippen molar-refractivity contribution in [2.75, 3.05) is 5.32 Å². The summed E-state index contributed by atoms with van der Waals surface area (Å²) in [5.74, 6) is 0.0243. The highest BCUT2D eigenvalue weighted by Gasteiger charge is 2.35. The van der Waals surface area contributed by atoms with E-state index in [2.05, 4.69) is 20.9 Å². The fourth-order valence-corrected chi connectivity index (χ4v) is 2.50. The number of halogens is 4. The number of hydrogen-bond acceptors (Lipinski definition) is 3. The summed E-state index contributed by atoms with van der Waals surface area (Å²) in [4.78, 5) is 16.4. The average molecular weight is 438 g/mol. The highest BCUT2D eigenvalue weighted by atomic mass is 35.6. The van der Waals surface area contributed by atoms with Crippen LogP contribution in [0.15, 0.2) is 48.7 Å². The minimum atomic E-state index is -1.86. The van der Waals surface area contributed by atoms with Gasteiger partial charge in [-0.2, -0.15) is 0 Å². The molecule has 2 rings (SSSR count). The summed E-state index contributed by atoms with van der Waals surface area (Å²) in [6.07, 6.45) is 0.505. The number of aromatic nitrogens is 1. The molecular weight excluding hydrogens is 426 g/mol. The molecule has 1 aromatic carbocycles. The maximum atomic E-state index is 12.3. The molecule has 0 saturated heterocycles. The minimum absolute atomic E-state index is 0.126. The molecule has 10 heteroatoms. The predicted molar refractivity (Wildman–Crippen MR) is 107 cm³/mol. The number of anilines is 1. The van der Waals surface area contributed by atoms with Crippen molar-refractivity contribution in [1.82, 2.24) is 15.6 Å². The maximum absolute atomic E-state index is 12.3. The van der Waals surface area contributed by atoms with Gasteiger partial charge in [0.2, 0.25) is 3.79 Å². The van der Waals surface area contributed by atoms with E-state index in [1.165, 1.54) is 6.07 Å². The zero-order chi connectivity index (χ0) is 18.4. The quantitative estimate of drug-likeness (QED) is 0.381. The molecule has 1 heterocycles. The van der Waals surface area contributed by atoms with Crippen LogP contribution in [0.5, 0.6) is 0 Å². The molecule has 3 N–H and O–H groups in total. The first-order valence-electron chi connectivity index (χ1n) is 6.87. The summed E-state index contributed by atoms with van der Waals surface area (Å²) in [7, 11) is 0. The third kappa shape index (κ3) is 6.49. The van der Waals surface area contributed by atoms with Gasteiger partial charge in [-0.05, 0) is 42.5 Å². The van der Waals surface area contributed by atoms with E-state index in [1.807, 2.05) is 0 Å². The van der Waals surface area contributed by atoms with Crippen LogP contribution in [0.25, 0.3) is 0 Å². The summed E-state index contributed by atoms with van der Waals surface area (Å²) < 4.78 is -1.86. The number of alkyl halides is 3. The molecule has 0 bridgehead atoms. The number of nitrogens with zero attached hydrogens (tertiary/aromatic N) is 1. The first kappa shape index (κ1) is 20.0. The van der Waals surface area contributed by atoms with Gasteiger partial charge in [-0.3, -0.25) is 4.79 Å². The second-order valence-corrected chi connectivity index (χ2v) is 7.99. The Bertz CT molecular complexity index is 755. The van der Waals surface area contributed by atoms with Gasteiger partial charge < -0.3 is 16.0 Å². The Kier molecular flexibility index (Phi) is 7.10. The van der Waals surface area contributed by atoms with E-state index in [0.29, 0.717) is 16.4 Å². The Morgan fingerprint density at radius 3 is 2.48 bits per heavy atom. The van der Waals surface area contributed by atoms with Crippen molar-refractivity contribution in [1.29, 1.82) is 0 Å². The molecule has 0 aliphatic carbocycles. The Morgan fingerprint density at radius 1 is 1.12 bits per heavy atom. The Labute approximate surface area is 170 Å². The molecule has 0 spiro atoms. The van der Waals surface area contributed by atoms with Crippen LogP contribution in [-0.4, -0.2) is 26.0 Å². The van der Waals surface area contributed by atoms with E-state index in [1.54, 1.807) is 42.6 Å². The monoisotopic (exact) mass is 436 g/mol. The molecule has 0 aliphatic rings.